The summed E-state index contributed by atoms with van der Waals surface area (Å²) in [6, 6.07) is 6.89. The zero-order chi connectivity index (χ0) is 12.9. The van der Waals surface area contributed by atoms with Crippen LogP contribution in [-0.4, -0.2) is 6.54 Å². The topological polar surface area (TPSA) is 12.0 Å². The van der Waals surface area contributed by atoms with Gasteiger partial charge in [-0.2, -0.15) is 0 Å². The van der Waals surface area contributed by atoms with E-state index in [9.17, 15) is 0 Å². The summed E-state index contributed by atoms with van der Waals surface area (Å²) in [7, 11) is 0. The van der Waals surface area contributed by atoms with Crippen molar-refractivity contribution in [2.45, 2.75) is 59.3 Å². The number of hydrogen-bond donors (Lipinski definition) is 1. The van der Waals surface area contributed by atoms with Gasteiger partial charge in [-0.15, -0.1) is 0 Å². The van der Waals surface area contributed by atoms with Gasteiger partial charge < -0.3 is 5.32 Å². The largest absolute Gasteiger partial charge is 0.385 e. The lowest BCUT2D eigenvalue weighted by Gasteiger charge is -2.21. The van der Waals surface area contributed by atoms with Crippen molar-refractivity contribution in [2.24, 2.45) is 0 Å². The van der Waals surface area contributed by atoms with Crippen molar-refractivity contribution in [3.63, 3.8) is 0 Å². The van der Waals surface area contributed by atoms with Gasteiger partial charge in [0.05, 0.1) is 0 Å². The van der Waals surface area contributed by atoms with E-state index in [1.807, 2.05) is 0 Å². The fraction of sp³-hybridized carbons (Fsp3) is 0.625. The third-order valence-corrected chi connectivity index (χ3v) is 3.06. The number of benzene rings is 1. The minimum atomic E-state index is 0.242. The highest BCUT2D eigenvalue weighted by Crippen LogP contribution is 2.27. The molecule has 1 heteroatoms. The molecular weight excluding hydrogens is 206 g/mol. The number of nitrogens with one attached hydrogen (secondary N) is 1. The van der Waals surface area contributed by atoms with Gasteiger partial charge in [0.2, 0.25) is 0 Å². The van der Waals surface area contributed by atoms with Crippen LogP contribution in [0.4, 0.5) is 5.69 Å². The van der Waals surface area contributed by atoms with Gasteiger partial charge in [-0.3, -0.25) is 0 Å². The quantitative estimate of drug-likeness (QED) is 0.773. The number of anilines is 1. The fourth-order valence-electron chi connectivity index (χ4n) is 1.97. The van der Waals surface area contributed by atoms with Crippen LogP contribution in [0.2, 0.25) is 0 Å². The summed E-state index contributed by atoms with van der Waals surface area (Å²) in [6.45, 7) is 12.3. The molecular formula is C16H27N. The molecule has 1 aromatic carbocycles. The van der Waals surface area contributed by atoms with Crippen LogP contribution in [0.15, 0.2) is 18.2 Å². The molecule has 0 radical (unpaired) electrons. The standard InChI is InChI=1S/C16H27N/c1-6-8-13-12-14(16(3,4)5)9-10-15(13)17-11-7-2/h9-10,12,17H,6-8,11H2,1-5H3. The Hall–Kier alpha value is -0.980. The predicted octanol–water partition coefficient (Wildman–Crippen LogP) is 4.76. The Labute approximate surface area is 107 Å². The van der Waals surface area contributed by atoms with Crippen LogP contribution in [0.25, 0.3) is 0 Å². The minimum absolute atomic E-state index is 0.242. The van der Waals surface area contributed by atoms with E-state index >= 15 is 0 Å². The van der Waals surface area contributed by atoms with Crippen LogP contribution in [0.1, 0.15) is 58.6 Å². The molecule has 0 aliphatic rings. The lowest BCUT2D eigenvalue weighted by molar-refractivity contribution is 0.589. The van der Waals surface area contributed by atoms with Crippen molar-refractivity contribution in [3.8, 4) is 0 Å². The molecule has 0 spiro atoms. The molecule has 0 bridgehead atoms. The molecule has 96 valence electrons. The summed E-state index contributed by atoms with van der Waals surface area (Å²) >= 11 is 0. The van der Waals surface area contributed by atoms with E-state index in [0.29, 0.717) is 0 Å². The van der Waals surface area contributed by atoms with Gasteiger partial charge in [0.25, 0.3) is 0 Å². The molecule has 1 rings (SSSR count). The van der Waals surface area contributed by atoms with Gasteiger partial charge in [0.1, 0.15) is 0 Å². The van der Waals surface area contributed by atoms with E-state index in [2.05, 4.69) is 58.1 Å². The zero-order valence-electron chi connectivity index (χ0n) is 12.1. The summed E-state index contributed by atoms with van der Waals surface area (Å²) in [5.74, 6) is 0. The fourth-order valence-corrected chi connectivity index (χ4v) is 1.97. The molecule has 0 heterocycles. The molecule has 0 saturated heterocycles. The maximum absolute atomic E-state index is 3.53. The molecule has 0 fully saturated rings. The van der Waals surface area contributed by atoms with E-state index in [1.165, 1.54) is 29.7 Å². The Morgan fingerprint density at radius 1 is 1.06 bits per heavy atom. The number of hydrogen-bond acceptors (Lipinski definition) is 1. The van der Waals surface area contributed by atoms with Crippen molar-refractivity contribution in [1.82, 2.24) is 0 Å². The first-order chi connectivity index (χ1) is 7.99. The SMILES string of the molecule is CCCNc1ccc(C(C)(C)C)cc1CCC. The molecule has 1 aromatic rings. The third-order valence-electron chi connectivity index (χ3n) is 3.06. The Morgan fingerprint density at radius 3 is 2.29 bits per heavy atom. The molecule has 0 aliphatic heterocycles. The van der Waals surface area contributed by atoms with E-state index in [1.54, 1.807) is 0 Å². The van der Waals surface area contributed by atoms with Gasteiger partial charge in [0, 0.05) is 12.2 Å². The first-order valence-corrected chi connectivity index (χ1v) is 6.86. The van der Waals surface area contributed by atoms with Crippen LogP contribution >= 0.6 is 0 Å². The molecule has 0 aliphatic carbocycles. The summed E-state index contributed by atoms with van der Waals surface area (Å²) in [6.07, 6.45) is 3.54. The lowest BCUT2D eigenvalue weighted by Crippen LogP contribution is -2.12. The van der Waals surface area contributed by atoms with E-state index in [4.69, 9.17) is 0 Å². The first-order valence-electron chi connectivity index (χ1n) is 6.86. The Balaban J connectivity index is 2.99. The highest BCUT2D eigenvalue weighted by Gasteiger charge is 2.15. The summed E-state index contributed by atoms with van der Waals surface area (Å²) in [4.78, 5) is 0. The van der Waals surface area contributed by atoms with Crippen LogP contribution in [0.5, 0.6) is 0 Å². The maximum atomic E-state index is 3.53. The average molecular weight is 233 g/mol. The molecule has 1 N–H and O–H groups in total. The van der Waals surface area contributed by atoms with E-state index in [-0.39, 0.29) is 5.41 Å². The van der Waals surface area contributed by atoms with Crippen molar-refractivity contribution in [2.75, 3.05) is 11.9 Å². The van der Waals surface area contributed by atoms with Crippen molar-refractivity contribution >= 4 is 5.69 Å². The molecule has 0 atom stereocenters. The second-order valence-electron chi connectivity index (χ2n) is 5.80. The van der Waals surface area contributed by atoms with Crippen LogP contribution in [0.3, 0.4) is 0 Å². The third kappa shape index (κ3) is 4.07. The summed E-state index contributed by atoms with van der Waals surface area (Å²) in [5.41, 5.74) is 4.46. The second kappa shape index (κ2) is 6.09. The highest BCUT2D eigenvalue weighted by atomic mass is 14.9. The van der Waals surface area contributed by atoms with Gasteiger partial charge in [-0.25, -0.2) is 0 Å². The summed E-state index contributed by atoms with van der Waals surface area (Å²) in [5, 5.41) is 3.53. The second-order valence-corrected chi connectivity index (χ2v) is 5.80. The maximum Gasteiger partial charge on any atom is 0.0372 e. The molecule has 1 nitrogen and oxygen atoms in total. The van der Waals surface area contributed by atoms with Gasteiger partial charge in [-0.05, 0) is 35.4 Å². The molecule has 0 aromatic heterocycles. The lowest BCUT2D eigenvalue weighted by atomic mass is 9.85. The first kappa shape index (κ1) is 14.1. The normalized spacial score (nSPS) is 11.6. The molecule has 0 unspecified atom stereocenters. The van der Waals surface area contributed by atoms with E-state index < -0.39 is 0 Å². The number of aryl methyl sites for hydroxylation is 1. The monoisotopic (exact) mass is 233 g/mol. The predicted molar refractivity (Wildman–Crippen MR) is 77.9 cm³/mol. The molecule has 17 heavy (non-hydrogen) atoms. The Kier molecular flexibility index (Phi) is 5.04. The zero-order valence-corrected chi connectivity index (χ0v) is 12.1. The highest BCUT2D eigenvalue weighted by molar-refractivity contribution is 5.53. The number of rotatable bonds is 5. The van der Waals surface area contributed by atoms with Crippen LogP contribution < -0.4 is 5.32 Å². The van der Waals surface area contributed by atoms with Crippen LogP contribution in [0, 0.1) is 0 Å². The van der Waals surface area contributed by atoms with Gasteiger partial charge >= 0.3 is 0 Å². The molecule has 0 amide bonds. The van der Waals surface area contributed by atoms with Crippen LogP contribution in [-0.2, 0) is 11.8 Å². The minimum Gasteiger partial charge on any atom is -0.385 e. The van der Waals surface area contributed by atoms with Gasteiger partial charge in [-0.1, -0.05) is 53.2 Å². The van der Waals surface area contributed by atoms with E-state index in [0.717, 1.165) is 13.0 Å². The Morgan fingerprint density at radius 2 is 1.76 bits per heavy atom. The molecule has 0 saturated carbocycles. The summed E-state index contributed by atoms with van der Waals surface area (Å²) < 4.78 is 0. The van der Waals surface area contributed by atoms with Gasteiger partial charge in [0.15, 0.2) is 0 Å². The van der Waals surface area contributed by atoms with Crippen molar-refractivity contribution in [3.05, 3.63) is 29.3 Å². The smallest absolute Gasteiger partial charge is 0.0372 e. The van der Waals surface area contributed by atoms with Crippen molar-refractivity contribution in [1.29, 1.82) is 0 Å². The Bertz CT molecular complexity index is 347. The van der Waals surface area contributed by atoms with Crippen molar-refractivity contribution < 1.29 is 0 Å². The average Bonchev–Trinajstić information content (AvgIpc) is 2.26.